The minimum Gasteiger partial charge on any atom is -0.389 e. The summed E-state index contributed by atoms with van der Waals surface area (Å²) in [5, 5.41) is 18.4. The molecule has 0 radical (unpaired) electrons. The van der Waals surface area contributed by atoms with Crippen molar-refractivity contribution in [1.29, 1.82) is 0 Å². The van der Waals surface area contributed by atoms with Crippen molar-refractivity contribution < 1.29 is 10.2 Å². The minimum atomic E-state index is -0.617. The molecule has 70 valence electrons. The van der Waals surface area contributed by atoms with E-state index in [1.807, 2.05) is 4.90 Å². The third-order valence-corrected chi connectivity index (χ3v) is 2.35. The molecule has 0 saturated carbocycles. The zero-order valence-corrected chi connectivity index (χ0v) is 7.67. The van der Waals surface area contributed by atoms with Crippen LogP contribution in [0, 0.1) is 0 Å². The lowest BCUT2D eigenvalue weighted by Crippen LogP contribution is -2.24. The number of β-amino-alcohol motifs (C(OH)–C–C–N with tert-alkyl or cyclic N) is 2. The van der Waals surface area contributed by atoms with E-state index in [0.29, 0.717) is 25.5 Å². The van der Waals surface area contributed by atoms with Crippen molar-refractivity contribution in [2.24, 2.45) is 0 Å². The first-order valence-electron chi connectivity index (χ1n) is 3.94. The Morgan fingerprint density at radius 3 is 2.33 bits per heavy atom. The quantitative estimate of drug-likeness (QED) is 0.481. The third kappa shape index (κ3) is 2.45. The first-order chi connectivity index (χ1) is 5.63. The number of rotatable bonds is 3. The highest BCUT2D eigenvalue weighted by Crippen LogP contribution is 2.11. The molecule has 0 aromatic rings. The van der Waals surface area contributed by atoms with Crippen LogP contribution in [0.1, 0.15) is 0 Å². The molecule has 0 aromatic heterocycles. The number of halogens is 1. The molecule has 1 heterocycles. The molecular weight excluding hydrogens is 178 g/mol. The maximum absolute atomic E-state index is 9.20. The second-order valence-corrected chi connectivity index (χ2v) is 3.48. The van der Waals surface area contributed by atoms with Crippen molar-refractivity contribution in [1.82, 2.24) is 4.90 Å². The molecule has 3 nitrogen and oxygen atoms in total. The molecule has 12 heavy (non-hydrogen) atoms. The van der Waals surface area contributed by atoms with Gasteiger partial charge in [-0.25, -0.2) is 0 Å². The molecule has 2 unspecified atom stereocenters. The fraction of sp³-hybridized carbons (Fsp3) is 0.750. The smallest absolute Gasteiger partial charge is 0.0938 e. The zero-order chi connectivity index (χ0) is 9.14. The first kappa shape index (κ1) is 9.99. The highest BCUT2D eigenvalue weighted by molar-refractivity contribution is 6.19. The van der Waals surface area contributed by atoms with Crippen molar-refractivity contribution >= 4 is 11.6 Å². The van der Waals surface area contributed by atoms with E-state index < -0.39 is 12.2 Å². The largest absolute Gasteiger partial charge is 0.389 e. The number of nitrogens with zero attached hydrogens (tertiary/aromatic N) is 1. The zero-order valence-electron chi connectivity index (χ0n) is 6.91. The van der Waals surface area contributed by atoms with E-state index in [9.17, 15) is 10.2 Å². The van der Waals surface area contributed by atoms with Crippen molar-refractivity contribution in [3.63, 3.8) is 0 Å². The molecule has 0 amide bonds. The monoisotopic (exact) mass is 191 g/mol. The summed E-state index contributed by atoms with van der Waals surface area (Å²) in [6.07, 6.45) is -1.23. The Morgan fingerprint density at radius 2 is 1.92 bits per heavy atom. The van der Waals surface area contributed by atoms with Crippen LogP contribution in [0.3, 0.4) is 0 Å². The van der Waals surface area contributed by atoms with Gasteiger partial charge in [0.1, 0.15) is 0 Å². The number of alkyl halides is 1. The maximum atomic E-state index is 9.20. The molecule has 1 fully saturated rings. The van der Waals surface area contributed by atoms with Gasteiger partial charge in [-0.2, -0.15) is 0 Å². The molecular formula is C8H14ClNO2. The van der Waals surface area contributed by atoms with E-state index >= 15 is 0 Å². The average molecular weight is 192 g/mol. The van der Waals surface area contributed by atoms with E-state index in [2.05, 4.69) is 6.58 Å². The standard InChI is InChI=1S/C8H14ClNO2/c1-6(2-9)3-10-4-7(11)8(12)5-10/h7-8,11-12H,1-5H2. The Labute approximate surface area is 77.2 Å². The Bertz CT molecular complexity index is 164. The fourth-order valence-corrected chi connectivity index (χ4v) is 1.42. The van der Waals surface area contributed by atoms with Crippen LogP contribution in [0.25, 0.3) is 0 Å². The summed E-state index contributed by atoms with van der Waals surface area (Å²) in [5.41, 5.74) is 0.915. The van der Waals surface area contributed by atoms with Crippen molar-refractivity contribution in [3.05, 3.63) is 12.2 Å². The molecule has 1 rings (SSSR count). The number of aliphatic hydroxyl groups excluding tert-OH is 2. The van der Waals surface area contributed by atoms with Gasteiger partial charge in [-0.1, -0.05) is 6.58 Å². The topological polar surface area (TPSA) is 43.7 Å². The van der Waals surface area contributed by atoms with Crippen molar-refractivity contribution in [2.75, 3.05) is 25.5 Å². The van der Waals surface area contributed by atoms with Gasteiger partial charge >= 0.3 is 0 Å². The number of hydrogen-bond donors (Lipinski definition) is 2. The average Bonchev–Trinajstić information content (AvgIpc) is 2.31. The molecule has 1 saturated heterocycles. The van der Waals surface area contributed by atoms with E-state index in [1.165, 1.54) is 0 Å². The van der Waals surface area contributed by atoms with Crippen LogP contribution in [-0.4, -0.2) is 52.8 Å². The van der Waals surface area contributed by atoms with Gasteiger partial charge in [0.2, 0.25) is 0 Å². The lowest BCUT2D eigenvalue weighted by molar-refractivity contribution is 0.0572. The van der Waals surface area contributed by atoms with Crippen LogP contribution in [-0.2, 0) is 0 Å². The molecule has 0 bridgehead atoms. The molecule has 1 aliphatic heterocycles. The lowest BCUT2D eigenvalue weighted by Gasteiger charge is -2.14. The highest BCUT2D eigenvalue weighted by Gasteiger charge is 2.29. The van der Waals surface area contributed by atoms with Crippen LogP contribution >= 0.6 is 11.6 Å². The molecule has 1 aliphatic rings. The van der Waals surface area contributed by atoms with Gasteiger partial charge in [-0.05, 0) is 5.57 Å². The Balaban J connectivity index is 2.32. The van der Waals surface area contributed by atoms with Crippen LogP contribution in [0.15, 0.2) is 12.2 Å². The summed E-state index contributed by atoms with van der Waals surface area (Å²) >= 11 is 5.55. The summed E-state index contributed by atoms with van der Waals surface area (Å²) < 4.78 is 0. The Morgan fingerprint density at radius 1 is 1.42 bits per heavy atom. The summed E-state index contributed by atoms with van der Waals surface area (Å²) in [6.45, 7) is 5.44. The summed E-state index contributed by atoms with van der Waals surface area (Å²) in [5.74, 6) is 0.433. The Hall–Kier alpha value is -0.0900. The second-order valence-electron chi connectivity index (χ2n) is 3.21. The number of likely N-dealkylation sites (tertiary alicyclic amines) is 1. The second kappa shape index (κ2) is 4.23. The van der Waals surface area contributed by atoms with Crippen LogP contribution in [0.5, 0.6) is 0 Å². The minimum absolute atomic E-state index is 0.433. The molecule has 0 spiro atoms. The fourth-order valence-electron chi connectivity index (χ4n) is 1.33. The van der Waals surface area contributed by atoms with Crippen LogP contribution < -0.4 is 0 Å². The molecule has 2 N–H and O–H groups in total. The van der Waals surface area contributed by atoms with Gasteiger partial charge < -0.3 is 10.2 Å². The predicted molar refractivity (Wildman–Crippen MR) is 48.3 cm³/mol. The summed E-state index contributed by atoms with van der Waals surface area (Å²) in [7, 11) is 0. The number of aliphatic hydroxyl groups is 2. The van der Waals surface area contributed by atoms with Crippen LogP contribution in [0.2, 0.25) is 0 Å². The van der Waals surface area contributed by atoms with Gasteiger partial charge in [-0.15, -0.1) is 11.6 Å². The van der Waals surface area contributed by atoms with E-state index in [4.69, 9.17) is 11.6 Å². The van der Waals surface area contributed by atoms with Crippen LogP contribution in [0.4, 0.5) is 0 Å². The predicted octanol–water partition coefficient (Wildman–Crippen LogP) is -0.181. The normalized spacial score (nSPS) is 30.9. The van der Waals surface area contributed by atoms with Crippen molar-refractivity contribution in [2.45, 2.75) is 12.2 Å². The maximum Gasteiger partial charge on any atom is 0.0938 e. The summed E-state index contributed by atoms with van der Waals surface area (Å²) in [6, 6.07) is 0. The van der Waals surface area contributed by atoms with E-state index in [0.717, 1.165) is 5.57 Å². The van der Waals surface area contributed by atoms with Gasteiger partial charge in [-0.3, -0.25) is 4.90 Å². The summed E-state index contributed by atoms with van der Waals surface area (Å²) in [4.78, 5) is 1.94. The molecule has 2 atom stereocenters. The van der Waals surface area contributed by atoms with E-state index in [-0.39, 0.29) is 0 Å². The lowest BCUT2D eigenvalue weighted by atomic mass is 10.3. The van der Waals surface area contributed by atoms with Gasteiger partial charge in [0.25, 0.3) is 0 Å². The third-order valence-electron chi connectivity index (χ3n) is 1.97. The van der Waals surface area contributed by atoms with Gasteiger partial charge in [0.05, 0.1) is 12.2 Å². The molecule has 0 aromatic carbocycles. The van der Waals surface area contributed by atoms with Gasteiger partial charge in [0, 0.05) is 25.5 Å². The SMILES string of the molecule is C=C(CCl)CN1CC(O)C(O)C1. The van der Waals surface area contributed by atoms with Crippen molar-refractivity contribution in [3.8, 4) is 0 Å². The number of hydrogen-bond acceptors (Lipinski definition) is 3. The highest BCUT2D eigenvalue weighted by atomic mass is 35.5. The van der Waals surface area contributed by atoms with Gasteiger partial charge in [0.15, 0.2) is 0 Å². The molecule has 4 heteroatoms. The molecule has 0 aliphatic carbocycles. The Kier molecular flexibility index (Phi) is 3.53. The first-order valence-corrected chi connectivity index (χ1v) is 4.48. The van der Waals surface area contributed by atoms with E-state index in [1.54, 1.807) is 0 Å².